The Morgan fingerprint density at radius 1 is 1.11 bits per heavy atom. The molecule has 288 valence electrons. The number of amides is 3. The van der Waals surface area contributed by atoms with Gasteiger partial charge in [-0.15, -0.1) is 0 Å². The van der Waals surface area contributed by atoms with E-state index in [1.165, 1.54) is 6.20 Å². The maximum Gasteiger partial charge on any atom is 0.417 e. The van der Waals surface area contributed by atoms with Gasteiger partial charge in [0, 0.05) is 46.8 Å². The van der Waals surface area contributed by atoms with Crippen LogP contribution in [0.25, 0.3) is 5.57 Å². The number of rotatable bonds is 10. The number of carbonyl (C=O) groups excluding carboxylic acids is 2. The first-order valence-electron chi connectivity index (χ1n) is 17.9. The van der Waals surface area contributed by atoms with E-state index in [9.17, 15) is 22.8 Å². The van der Waals surface area contributed by atoms with Gasteiger partial charge in [0.15, 0.2) is 5.82 Å². The molecule has 54 heavy (non-hydrogen) atoms. The average molecular weight is 814 g/mol. The fourth-order valence-corrected chi connectivity index (χ4v) is 7.21. The van der Waals surface area contributed by atoms with Gasteiger partial charge in [-0.2, -0.15) is 13.2 Å². The number of carbonyl (C=O) groups is 2. The Balaban J connectivity index is 1.02. The average Bonchev–Trinajstić information content (AvgIpc) is 3.11. The van der Waals surface area contributed by atoms with Crippen molar-refractivity contribution in [3.63, 3.8) is 0 Å². The summed E-state index contributed by atoms with van der Waals surface area (Å²) in [6.07, 6.45) is 2.21. The zero-order valence-corrected chi connectivity index (χ0v) is 32.3. The van der Waals surface area contributed by atoms with Crippen LogP contribution in [0.1, 0.15) is 61.9 Å². The number of ether oxygens (including phenoxy) is 3. The van der Waals surface area contributed by atoms with Crippen molar-refractivity contribution in [3.8, 4) is 11.5 Å². The first kappa shape index (κ1) is 39.1. The minimum Gasteiger partial charge on any atom is -0.489 e. The summed E-state index contributed by atoms with van der Waals surface area (Å²) in [6.45, 7) is 13.6. The number of halogens is 4. The standard InChI is InChI=1S/C39H44BrF3N6O5/c1-23-14-34(31(17-30(23)40)46-37(51)47-35-20-44-24(2)19-45-35)53-22-27-21-48(12-13-52-27)36(50)8-6-7-11-49-32-18-33-28(16-26(32)9-10-38(49,4)5)29(39(41,42)43)15-25(3)54-33/h14-20,27H,3,6-13,21-22H2,1-2,4-5H3,(H2,45,46,47,51)/t27-/m0/s1. The fraction of sp³-hybridized carbons (Fsp3) is 0.436. The quantitative estimate of drug-likeness (QED) is 0.196. The fourth-order valence-electron chi connectivity index (χ4n) is 6.86. The van der Waals surface area contributed by atoms with E-state index in [0.717, 1.165) is 39.5 Å². The Morgan fingerprint density at radius 2 is 1.91 bits per heavy atom. The third-order valence-electron chi connectivity index (χ3n) is 9.82. The van der Waals surface area contributed by atoms with E-state index in [1.54, 1.807) is 36.2 Å². The van der Waals surface area contributed by atoms with E-state index in [-0.39, 0.29) is 41.2 Å². The van der Waals surface area contributed by atoms with Gasteiger partial charge in [0.25, 0.3) is 0 Å². The van der Waals surface area contributed by atoms with Crippen LogP contribution in [0, 0.1) is 13.8 Å². The lowest BCUT2D eigenvalue weighted by Crippen LogP contribution is -2.48. The summed E-state index contributed by atoms with van der Waals surface area (Å²) in [5, 5.41) is 5.47. The highest BCUT2D eigenvalue weighted by Crippen LogP contribution is 2.47. The number of fused-ring (bicyclic) bond motifs is 2. The summed E-state index contributed by atoms with van der Waals surface area (Å²) < 4.78 is 60.2. The molecule has 11 nitrogen and oxygen atoms in total. The first-order valence-corrected chi connectivity index (χ1v) is 18.7. The number of allylic oxidation sites excluding steroid dienone is 2. The second-order valence-electron chi connectivity index (χ2n) is 14.4. The molecule has 1 saturated heterocycles. The second kappa shape index (κ2) is 16.0. The molecule has 0 unspecified atom stereocenters. The second-order valence-corrected chi connectivity index (χ2v) is 15.2. The van der Waals surface area contributed by atoms with Crippen LogP contribution in [-0.4, -0.2) is 77.5 Å². The lowest BCUT2D eigenvalue weighted by atomic mass is 9.84. The van der Waals surface area contributed by atoms with Crippen LogP contribution in [0.5, 0.6) is 11.5 Å². The number of hydrogen-bond acceptors (Lipinski definition) is 8. The predicted octanol–water partition coefficient (Wildman–Crippen LogP) is 8.36. The van der Waals surface area contributed by atoms with Crippen LogP contribution in [0.3, 0.4) is 0 Å². The Labute approximate surface area is 321 Å². The molecule has 2 aromatic carbocycles. The smallest absolute Gasteiger partial charge is 0.417 e. The minimum atomic E-state index is -4.53. The zero-order chi connectivity index (χ0) is 38.8. The molecule has 4 heterocycles. The SMILES string of the molecule is C=C1C=C(C(F)(F)F)c2cc3c(cc2O1)N(CCCCC(=O)N1CCO[C@H](COc2cc(C)c(Br)cc2NC(=O)Nc2cnc(C)cn2)C1)C(C)(C)CC3. The van der Waals surface area contributed by atoms with Gasteiger partial charge in [-0.1, -0.05) is 22.5 Å². The Kier molecular flexibility index (Phi) is 11.6. The highest BCUT2D eigenvalue weighted by molar-refractivity contribution is 9.10. The van der Waals surface area contributed by atoms with Gasteiger partial charge in [0.05, 0.1) is 42.5 Å². The third-order valence-corrected chi connectivity index (χ3v) is 10.7. The van der Waals surface area contributed by atoms with Gasteiger partial charge in [0.1, 0.15) is 30.0 Å². The molecule has 3 aliphatic heterocycles. The summed E-state index contributed by atoms with van der Waals surface area (Å²) in [4.78, 5) is 38.4. The molecule has 3 amide bonds. The number of nitrogens with zero attached hydrogens (tertiary/aromatic N) is 4. The summed E-state index contributed by atoms with van der Waals surface area (Å²) in [5.74, 6) is 0.874. The van der Waals surface area contributed by atoms with E-state index < -0.39 is 17.8 Å². The van der Waals surface area contributed by atoms with E-state index in [2.05, 4.69) is 61.9 Å². The van der Waals surface area contributed by atoms with Gasteiger partial charge < -0.3 is 29.3 Å². The van der Waals surface area contributed by atoms with Crippen molar-refractivity contribution in [2.75, 3.05) is 48.4 Å². The molecule has 0 spiro atoms. The number of hydrogen-bond donors (Lipinski definition) is 2. The number of urea groups is 1. The van der Waals surface area contributed by atoms with Crippen molar-refractivity contribution < 1.29 is 37.0 Å². The number of nitrogens with one attached hydrogen (secondary N) is 2. The number of benzene rings is 2. The third kappa shape index (κ3) is 9.17. The van der Waals surface area contributed by atoms with Gasteiger partial charge in [-0.25, -0.2) is 9.78 Å². The van der Waals surface area contributed by atoms with Crippen molar-refractivity contribution in [1.29, 1.82) is 0 Å². The molecule has 0 radical (unpaired) electrons. The van der Waals surface area contributed by atoms with Gasteiger partial charge in [-0.05, 0) is 88.8 Å². The largest absolute Gasteiger partial charge is 0.489 e. The molecule has 1 atom stereocenters. The number of anilines is 3. The molecular weight excluding hydrogens is 769 g/mol. The van der Waals surface area contributed by atoms with Crippen LogP contribution in [0.15, 0.2) is 59.5 Å². The maximum atomic E-state index is 13.9. The predicted molar refractivity (Wildman–Crippen MR) is 204 cm³/mol. The highest BCUT2D eigenvalue weighted by atomic mass is 79.9. The van der Waals surface area contributed by atoms with Crippen molar-refractivity contribution in [3.05, 3.63) is 81.9 Å². The van der Waals surface area contributed by atoms with Crippen LogP contribution < -0.4 is 25.0 Å². The number of aryl methyl sites for hydroxylation is 3. The summed E-state index contributed by atoms with van der Waals surface area (Å²) in [7, 11) is 0. The minimum absolute atomic E-state index is 0.0202. The summed E-state index contributed by atoms with van der Waals surface area (Å²) in [6, 6.07) is 6.37. The van der Waals surface area contributed by atoms with Crippen LogP contribution in [0.2, 0.25) is 0 Å². The molecule has 6 rings (SSSR count). The molecule has 3 aliphatic rings. The van der Waals surface area contributed by atoms with Crippen LogP contribution in [-0.2, 0) is 16.0 Å². The lowest BCUT2D eigenvalue weighted by molar-refractivity contribution is -0.140. The summed E-state index contributed by atoms with van der Waals surface area (Å²) >= 11 is 3.52. The molecule has 15 heteroatoms. The molecule has 0 bridgehead atoms. The molecule has 1 fully saturated rings. The lowest BCUT2D eigenvalue weighted by Gasteiger charge is -2.46. The number of morpholine rings is 1. The Hall–Kier alpha value is -4.63. The highest BCUT2D eigenvalue weighted by Gasteiger charge is 2.40. The van der Waals surface area contributed by atoms with E-state index in [1.807, 2.05) is 13.0 Å². The van der Waals surface area contributed by atoms with Crippen molar-refractivity contribution in [1.82, 2.24) is 14.9 Å². The number of unbranched alkanes of at least 4 members (excludes halogenated alkanes) is 1. The van der Waals surface area contributed by atoms with Crippen LogP contribution >= 0.6 is 15.9 Å². The van der Waals surface area contributed by atoms with Crippen molar-refractivity contribution >= 4 is 50.6 Å². The van der Waals surface area contributed by atoms with E-state index >= 15 is 0 Å². The topological polar surface area (TPSA) is 118 Å². The molecular formula is C39H44BrF3N6O5. The maximum absolute atomic E-state index is 13.9. The van der Waals surface area contributed by atoms with Gasteiger partial charge in [0.2, 0.25) is 5.91 Å². The normalized spacial score (nSPS) is 17.9. The number of alkyl halides is 3. The summed E-state index contributed by atoms with van der Waals surface area (Å²) in [5.41, 5.74) is 2.82. The van der Waals surface area contributed by atoms with E-state index in [0.29, 0.717) is 69.2 Å². The number of aromatic nitrogens is 2. The molecule has 0 aliphatic carbocycles. The molecule has 0 saturated carbocycles. The Morgan fingerprint density at radius 3 is 2.65 bits per heavy atom. The first-order chi connectivity index (χ1) is 25.6. The Bertz CT molecular complexity index is 1950. The van der Waals surface area contributed by atoms with E-state index in [4.69, 9.17) is 14.2 Å². The zero-order valence-electron chi connectivity index (χ0n) is 30.7. The van der Waals surface area contributed by atoms with Crippen molar-refractivity contribution in [2.45, 2.75) is 77.6 Å². The van der Waals surface area contributed by atoms with Crippen LogP contribution in [0.4, 0.5) is 35.2 Å². The van der Waals surface area contributed by atoms with Crippen molar-refractivity contribution in [2.24, 2.45) is 0 Å². The molecule has 3 aromatic rings. The molecule has 2 N–H and O–H groups in total. The van der Waals surface area contributed by atoms with Gasteiger partial charge in [-0.3, -0.25) is 15.1 Å². The van der Waals surface area contributed by atoms with Gasteiger partial charge >= 0.3 is 12.2 Å². The monoisotopic (exact) mass is 812 g/mol. The molecule has 1 aromatic heterocycles.